The fourth-order valence-corrected chi connectivity index (χ4v) is 2.81. The second-order valence-corrected chi connectivity index (χ2v) is 6.28. The molecule has 7 heteroatoms. The van der Waals surface area contributed by atoms with E-state index in [0.29, 0.717) is 28.8 Å². The van der Waals surface area contributed by atoms with Gasteiger partial charge in [-0.15, -0.1) is 0 Å². The zero-order valence-corrected chi connectivity index (χ0v) is 15.8. The second-order valence-electron chi connectivity index (χ2n) is 5.84. The van der Waals surface area contributed by atoms with E-state index in [1.54, 1.807) is 18.2 Å². The standard InChI is InChI=1S/C21H18ClN3O3/c1-2-28-19-9-4-3-8-15(19)18-12-17(13-6-5-7-14(22)10-13)24-20(25-18)11-16(23)21(26)27/h3-12H,2,23H2,1H3,(H,26,27). The summed E-state index contributed by atoms with van der Waals surface area (Å²) in [5.74, 6) is -0.395. The maximum Gasteiger partial charge on any atom is 0.351 e. The highest BCUT2D eigenvalue weighted by Crippen LogP contribution is 2.31. The van der Waals surface area contributed by atoms with Gasteiger partial charge in [-0.05, 0) is 37.3 Å². The Labute approximate surface area is 167 Å². The molecule has 3 rings (SSSR count). The topological polar surface area (TPSA) is 98.3 Å². The molecule has 0 spiro atoms. The van der Waals surface area contributed by atoms with E-state index in [9.17, 15) is 4.79 Å². The molecule has 2 aromatic carbocycles. The summed E-state index contributed by atoms with van der Waals surface area (Å²) in [6.45, 7) is 2.40. The van der Waals surface area contributed by atoms with Crippen molar-refractivity contribution < 1.29 is 14.6 Å². The first-order chi connectivity index (χ1) is 13.5. The molecule has 0 aliphatic heterocycles. The van der Waals surface area contributed by atoms with Crippen LogP contribution in [0, 0.1) is 0 Å². The van der Waals surface area contributed by atoms with Crippen molar-refractivity contribution in [3.05, 3.63) is 71.1 Å². The number of nitrogens with two attached hydrogens (primary N) is 1. The Bertz CT molecular complexity index is 1050. The number of hydrogen-bond acceptors (Lipinski definition) is 5. The number of benzene rings is 2. The molecule has 6 nitrogen and oxygen atoms in total. The minimum Gasteiger partial charge on any atom is -0.493 e. The maximum atomic E-state index is 11.1. The normalized spacial score (nSPS) is 11.3. The summed E-state index contributed by atoms with van der Waals surface area (Å²) in [7, 11) is 0. The smallest absolute Gasteiger partial charge is 0.351 e. The number of halogens is 1. The van der Waals surface area contributed by atoms with Gasteiger partial charge < -0.3 is 15.6 Å². The number of carboxylic acid groups (broad SMARTS) is 1. The van der Waals surface area contributed by atoms with Gasteiger partial charge in [-0.1, -0.05) is 35.9 Å². The Morgan fingerprint density at radius 2 is 1.89 bits per heavy atom. The largest absolute Gasteiger partial charge is 0.493 e. The van der Waals surface area contributed by atoms with Crippen LogP contribution in [0.25, 0.3) is 28.6 Å². The van der Waals surface area contributed by atoms with Gasteiger partial charge in [0.25, 0.3) is 0 Å². The molecule has 3 aromatic rings. The van der Waals surface area contributed by atoms with E-state index in [1.165, 1.54) is 6.08 Å². The second kappa shape index (κ2) is 8.54. The first kappa shape index (κ1) is 19.4. The van der Waals surface area contributed by atoms with Crippen LogP contribution in [0.5, 0.6) is 5.75 Å². The number of rotatable bonds is 6. The summed E-state index contributed by atoms with van der Waals surface area (Å²) in [5, 5.41) is 9.64. The zero-order valence-electron chi connectivity index (χ0n) is 15.1. The molecule has 0 fully saturated rings. The molecule has 0 saturated heterocycles. The maximum absolute atomic E-state index is 11.1. The Kier molecular flexibility index (Phi) is 5.91. The third-order valence-electron chi connectivity index (χ3n) is 3.86. The summed E-state index contributed by atoms with van der Waals surface area (Å²) >= 11 is 6.11. The van der Waals surface area contributed by atoms with Gasteiger partial charge in [0.15, 0.2) is 5.82 Å². The first-order valence-corrected chi connectivity index (χ1v) is 8.93. The van der Waals surface area contributed by atoms with Gasteiger partial charge in [-0.2, -0.15) is 0 Å². The molecule has 0 aliphatic rings. The van der Waals surface area contributed by atoms with Crippen LogP contribution in [-0.2, 0) is 4.79 Å². The average molecular weight is 396 g/mol. The van der Waals surface area contributed by atoms with Crippen LogP contribution in [0.4, 0.5) is 0 Å². The molecule has 0 atom stereocenters. The fourth-order valence-electron chi connectivity index (χ4n) is 2.62. The Hall–Kier alpha value is -3.38. The summed E-state index contributed by atoms with van der Waals surface area (Å²) in [5.41, 5.74) is 7.91. The summed E-state index contributed by atoms with van der Waals surface area (Å²) in [6, 6.07) is 16.5. The molecule has 0 unspecified atom stereocenters. The van der Waals surface area contributed by atoms with E-state index in [2.05, 4.69) is 9.97 Å². The first-order valence-electron chi connectivity index (χ1n) is 8.55. The molecule has 1 heterocycles. The van der Waals surface area contributed by atoms with Crippen LogP contribution < -0.4 is 10.5 Å². The van der Waals surface area contributed by atoms with Gasteiger partial charge in [0.1, 0.15) is 11.4 Å². The molecule has 0 radical (unpaired) electrons. The highest BCUT2D eigenvalue weighted by molar-refractivity contribution is 6.30. The molecule has 28 heavy (non-hydrogen) atoms. The van der Waals surface area contributed by atoms with Crippen LogP contribution in [0.1, 0.15) is 12.7 Å². The van der Waals surface area contributed by atoms with E-state index >= 15 is 0 Å². The van der Waals surface area contributed by atoms with Crippen LogP contribution in [0.2, 0.25) is 5.02 Å². The van der Waals surface area contributed by atoms with Gasteiger partial charge >= 0.3 is 5.97 Å². The van der Waals surface area contributed by atoms with E-state index < -0.39 is 5.97 Å². The third-order valence-corrected chi connectivity index (χ3v) is 4.09. The number of ether oxygens (including phenoxy) is 1. The van der Waals surface area contributed by atoms with Gasteiger partial charge in [-0.3, -0.25) is 0 Å². The highest BCUT2D eigenvalue weighted by Gasteiger charge is 2.13. The van der Waals surface area contributed by atoms with Gasteiger partial charge in [-0.25, -0.2) is 14.8 Å². The van der Waals surface area contributed by atoms with Crippen molar-refractivity contribution in [2.24, 2.45) is 5.73 Å². The minimum absolute atomic E-state index is 0.179. The summed E-state index contributed by atoms with van der Waals surface area (Å²) < 4.78 is 5.70. The van der Waals surface area contributed by atoms with Crippen molar-refractivity contribution >= 4 is 23.6 Å². The average Bonchev–Trinajstić information content (AvgIpc) is 2.68. The lowest BCUT2D eigenvalue weighted by Crippen LogP contribution is -2.10. The van der Waals surface area contributed by atoms with E-state index in [1.807, 2.05) is 43.3 Å². The third kappa shape index (κ3) is 4.47. The monoisotopic (exact) mass is 395 g/mol. The van der Waals surface area contributed by atoms with Gasteiger partial charge in [0, 0.05) is 22.2 Å². The summed E-state index contributed by atoms with van der Waals surface area (Å²) in [4.78, 5) is 20.0. The van der Waals surface area contributed by atoms with Crippen molar-refractivity contribution in [3.63, 3.8) is 0 Å². The molecule has 0 amide bonds. The number of nitrogens with zero attached hydrogens (tertiary/aromatic N) is 2. The lowest BCUT2D eigenvalue weighted by atomic mass is 10.1. The van der Waals surface area contributed by atoms with Crippen molar-refractivity contribution in [3.8, 4) is 28.3 Å². The predicted octanol–water partition coefficient (Wildman–Crippen LogP) is 4.25. The Morgan fingerprint density at radius 3 is 2.61 bits per heavy atom. The number of para-hydroxylation sites is 1. The minimum atomic E-state index is -1.24. The van der Waals surface area contributed by atoms with E-state index in [4.69, 9.17) is 27.2 Å². The van der Waals surface area contributed by atoms with Crippen LogP contribution >= 0.6 is 11.6 Å². The summed E-state index contributed by atoms with van der Waals surface area (Å²) in [6.07, 6.45) is 1.23. The van der Waals surface area contributed by atoms with E-state index in [-0.39, 0.29) is 11.5 Å². The van der Waals surface area contributed by atoms with Crippen molar-refractivity contribution in [2.75, 3.05) is 6.61 Å². The van der Waals surface area contributed by atoms with E-state index in [0.717, 1.165) is 11.1 Å². The molecule has 0 saturated carbocycles. The fraction of sp³-hybridized carbons (Fsp3) is 0.0952. The number of aliphatic carboxylic acids is 1. The molecule has 1 aromatic heterocycles. The molecule has 0 aliphatic carbocycles. The van der Waals surface area contributed by atoms with Crippen molar-refractivity contribution in [2.45, 2.75) is 6.92 Å². The molecule has 3 N–H and O–H groups in total. The van der Waals surface area contributed by atoms with Crippen LogP contribution in [0.15, 0.2) is 60.3 Å². The zero-order chi connectivity index (χ0) is 20.1. The lowest BCUT2D eigenvalue weighted by Gasteiger charge is -2.12. The number of aromatic nitrogens is 2. The number of carbonyl (C=O) groups is 1. The van der Waals surface area contributed by atoms with Gasteiger partial charge in [0.2, 0.25) is 0 Å². The molecule has 142 valence electrons. The predicted molar refractivity (Wildman–Crippen MR) is 109 cm³/mol. The van der Waals surface area contributed by atoms with Crippen LogP contribution in [-0.4, -0.2) is 27.7 Å². The molecule has 0 bridgehead atoms. The van der Waals surface area contributed by atoms with Crippen LogP contribution in [0.3, 0.4) is 0 Å². The Morgan fingerprint density at radius 1 is 1.14 bits per heavy atom. The van der Waals surface area contributed by atoms with Crippen molar-refractivity contribution in [1.29, 1.82) is 0 Å². The number of hydrogen-bond donors (Lipinski definition) is 2. The lowest BCUT2D eigenvalue weighted by molar-refractivity contribution is -0.132. The molecular formula is C21H18ClN3O3. The molecular weight excluding hydrogens is 378 g/mol. The van der Waals surface area contributed by atoms with Crippen molar-refractivity contribution in [1.82, 2.24) is 9.97 Å². The quantitative estimate of drug-likeness (QED) is 0.605. The SMILES string of the molecule is CCOc1ccccc1-c1cc(-c2cccc(Cl)c2)nc(C=C(N)C(=O)O)n1. The highest BCUT2D eigenvalue weighted by atomic mass is 35.5. The van der Waals surface area contributed by atoms with Gasteiger partial charge in [0.05, 0.1) is 18.0 Å². The Balaban J connectivity index is 2.21. The number of carboxylic acids is 1.